The summed E-state index contributed by atoms with van der Waals surface area (Å²) >= 11 is 0. The molecule has 0 spiro atoms. The number of carbonyl (C=O) groups is 1. The monoisotopic (exact) mass is 253 g/mol. The summed E-state index contributed by atoms with van der Waals surface area (Å²) in [7, 11) is 0. The molecule has 0 bridgehead atoms. The molecule has 1 aliphatic heterocycles. The number of aliphatic hydroxyl groups is 1. The van der Waals surface area contributed by atoms with Crippen LogP contribution in [0.15, 0.2) is 12.3 Å². The minimum absolute atomic E-state index is 0.293. The van der Waals surface area contributed by atoms with Crippen molar-refractivity contribution < 1.29 is 14.6 Å². The van der Waals surface area contributed by atoms with Crippen LogP contribution >= 0.6 is 0 Å². The first-order valence-electron chi connectivity index (χ1n) is 5.96. The zero-order valence-corrected chi connectivity index (χ0v) is 10.9. The van der Waals surface area contributed by atoms with Gasteiger partial charge >= 0.3 is 6.09 Å². The van der Waals surface area contributed by atoms with Gasteiger partial charge in [-0.1, -0.05) is 0 Å². The number of β-amino-alcohol motifs (C(OH)–C–C–N with tert-alkyl or cyclic N) is 1. The second-order valence-electron chi connectivity index (χ2n) is 5.82. The Bertz CT molecular complexity index is 416. The van der Waals surface area contributed by atoms with Crippen LogP contribution in [0.25, 0.3) is 0 Å². The molecule has 1 amide bonds. The van der Waals surface area contributed by atoms with Crippen LogP contribution in [-0.4, -0.2) is 50.6 Å². The summed E-state index contributed by atoms with van der Waals surface area (Å²) in [5.74, 6) is 0. The van der Waals surface area contributed by atoms with E-state index >= 15 is 0 Å². The van der Waals surface area contributed by atoms with Gasteiger partial charge < -0.3 is 14.7 Å². The molecular formula is C12H19N3O3. The van der Waals surface area contributed by atoms with E-state index in [1.165, 1.54) is 4.90 Å². The number of ether oxygens (including phenoxy) is 1. The number of carbonyl (C=O) groups excluding carboxylic acids is 1. The molecule has 0 aromatic carbocycles. The van der Waals surface area contributed by atoms with Crippen molar-refractivity contribution in [2.45, 2.75) is 38.4 Å². The first kappa shape index (κ1) is 12.9. The molecule has 0 atom stereocenters. The van der Waals surface area contributed by atoms with Gasteiger partial charge in [0, 0.05) is 18.3 Å². The Hall–Kier alpha value is -1.56. The Labute approximate surface area is 106 Å². The minimum Gasteiger partial charge on any atom is -0.444 e. The summed E-state index contributed by atoms with van der Waals surface area (Å²) in [6.07, 6.45) is 1.73. The van der Waals surface area contributed by atoms with E-state index in [1.54, 1.807) is 6.20 Å². The van der Waals surface area contributed by atoms with E-state index < -0.39 is 11.2 Å². The topological polar surface area (TPSA) is 78.4 Å². The highest BCUT2D eigenvalue weighted by molar-refractivity contribution is 5.69. The molecule has 6 heteroatoms. The highest BCUT2D eigenvalue weighted by atomic mass is 16.6. The number of rotatable bonds is 2. The van der Waals surface area contributed by atoms with Gasteiger partial charge in [0.15, 0.2) is 0 Å². The summed E-state index contributed by atoms with van der Waals surface area (Å²) < 4.78 is 5.23. The molecule has 0 radical (unpaired) electrons. The molecule has 1 fully saturated rings. The van der Waals surface area contributed by atoms with Gasteiger partial charge in [0.25, 0.3) is 0 Å². The fraction of sp³-hybridized carbons (Fsp3) is 0.667. The molecule has 1 aliphatic rings. The molecule has 1 aromatic rings. The number of nitrogens with zero attached hydrogens (tertiary/aromatic N) is 2. The van der Waals surface area contributed by atoms with E-state index in [9.17, 15) is 9.90 Å². The van der Waals surface area contributed by atoms with Gasteiger partial charge in [0.1, 0.15) is 11.2 Å². The number of nitrogens with one attached hydrogen (secondary N) is 1. The van der Waals surface area contributed by atoms with E-state index in [-0.39, 0.29) is 6.09 Å². The zero-order chi connectivity index (χ0) is 13.4. The van der Waals surface area contributed by atoms with Crippen LogP contribution in [0.1, 0.15) is 26.5 Å². The predicted octanol–water partition coefficient (Wildman–Crippen LogP) is 0.934. The number of aromatic amines is 1. The average molecular weight is 253 g/mol. The minimum atomic E-state index is -0.872. The van der Waals surface area contributed by atoms with E-state index in [0.29, 0.717) is 19.5 Å². The smallest absolute Gasteiger partial charge is 0.410 e. The van der Waals surface area contributed by atoms with Crippen LogP contribution in [0.5, 0.6) is 0 Å². The van der Waals surface area contributed by atoms with Crippen molar-refractivity contribution in [3.63, 3.8) is 0 Å². The lowest BCUT2D eigenvalue weighted by Gasteiger charge is -2.46. The second-order valence-corrected chi connectivity index (χ2v) is 5.82. The van der Waals surface area contributed by atoms with Gasteiger partial charge in [-0.15, -0.1) is 0 Å². The zero-order valence-electron chi connectivity index (χ0n) is 10.9. The normalized spacial score (nSPS) is 18.3. The van der Waals surface area contributed by atoms with E-state index in [0.717, 1.165) is 5.69 Å². The van der Waals surface area contributed by atoms with Gasteiger partial charge in [-0.3, -0.25) is 5.10 Å². The molecule has 0 unspecified atom stereocenters. The number of amides is 1. The fourth-order valence-corrected chi connectivity index (χ4v) is 1.97. The maximum Gasteiger partial charge on any atom is 0.410 e. The lowest BCUT2D eigenvalue weighted by atomic mass is 9.89. The summed E-state index contributed by atoms with van der Waals surface area (Å²) in [5, 5.41) is 16.8. The SMILES string of the molecule is CC(C)(C)OC(=O)N1CC(O)(Cc2ccn[nH]2)C1. The van der Waals surface area contributed by atoms with E-state index in [4.69, 9.17) is 4.74 Å². The maximum atomic E-state index is 11.7. The van der Waals surface area contributed by atoms with Crippen LogP contribution < -0.4 is 0 Å². The van der Waals surface area contributed by atoms with Crippen molar-refractivity contribution in [1.82, 2.24) is 15.1 Å². The molecule has 100 valence electrons. The van der Waals surface area contributed by atoms with E-state index in [2.05, 4.69) is 10.2 Å². The number of hydrogen-bond acceptors (Lipinski definition) is 4. The van der Waals surface area contributed by atoms with Crippen LogP contribution in [0.2, 0.25) is 0 Å². The van der Waals surface area contributed by atoms with Gasteiger partial charge in [-0.05, 0) is 26.8 Å². The Balaban J connectivity index is 1.84. The average Bonchev–Trinajstić information content (AvgIpc) is 2.63. The molecule has 1 saturated heterocycles. The Kier molecular flexibility index (Phi) is 3.06. The molecule has 1 aromatic heterocycles. The first-order chi connectivity index (χ1) is 8.27. The van der Waals surface area contributed by atoms with Gasteiger partial charge in [0.2, 0.25) is 0 Å². The highest BCUT2D eigenvalue weighted by Crippen LogP contribution is 2.26. The molecule has 2 heterocycles. The van der Waals surface area contributed by atoms with Gasteiger partial charge in [0.05, 0.1) is 13.1 Å². The van der Waals surface area contributed by atoms with Crippen LogP contribution in [0.3, 0.4) is 0 Å². The third-order valence-electron chi connectivity index (χ3n) is 2.70. The van der Waals surface area contributed by atoms with Gasteiger partial charge in [-0.25, -0.2) is 4.79 Å². The van der Waals surface area contributed by atoms with Crippen molar-refractivity contribution in [3.8, 4) is 0 Å². The lowest BCUT2D eigenvalue weighted by molar-refractivity contribution is -0.0978. The first-order valence-corrected chi connectivity index (χ1v) is 5.96. The fourth-order valence-electron chi connectivity index (χ4n) is 1.97. The van der Waals surface area contributed by atoms with Crippen LogP contribution in [-0.2, 0) is 11.2 Å². The molecule has 0 aliphatic carbocycles. The van der Waals surface area contributed by atoms with Crippen LogP contribution in [0, 0.1) is 0 Å². The third kappa shape index (κ3) is 3.01. The molecule has 2 N–H and O–H groups in total. The predicted molar refractivity (Wildman–Crippen MR) is 65.0 cm³/mol. The van der Waals surface area contributed by atoms with Crippen molar-refractivity contribution in [3.05, 3.63) is 18.0 Å². The standard InChI is InChI=1S/C12H19N3O3/c1-11(2,3)18-10(16)15-7-12(17,8-15)6-9-4-5-13-14-9/h4-5,17H,6-8H2,1-3H3,(H,13,14). The molecule has 18 heavy (non-hydrogen) atoms. The van der Waals surface area contributed by atoms with Crippen molar-refractivity contribution in [1.29, 1.82) is 0 Å². The van der Waals surface area contributed by atoms with Crippen molar-refractivity contribution in [2.24, 2.45) is 0 Å². The lowest BCUT2D eigenvalue weighted by Crippen LogP contribution is -2.65. The second kappa shape index (κ2) is 4.28. The summed E-state index contributed by atoms with van der Waals surface area (Å²) in [6.45, 7) is 6.05. The number of aromatic nitrogens is 2. The summed E-state index contributed by atoms with van der Waals surface area (Å²) in [6, 6.07) is 1.81. The van der Waals surface area contributed by atoms with Crippen molar-refractivity contribution >= 4 is 6.09 Å². The quantitative estimate of drug-likeness (QED) is 0.822. The number of likely N-dealkylation sites (tertiary alicyclic amines) is 1. The summed E-state index contributed by atoms with van der Waals surface area (Å²) in [5.41, 5.74) is -0.515. The number of hydrogen-bond donors (Lipinski definition) is 2. The molecule has 6 nitrogen and oxygen atoms in total. The molecule has 2 rings (SSSR count). The largest absolute Gasteiger partial charge is 0.444 e. The third-order valence-corrected chi connectivity index (χ3v) is 2.70. The molecular weight excluding hydrogens is 234 g/mol. The Morgan fingerprint density at radius 2 is 2.28 bits per heavy atom. The Morgan fingerprint density at radius 3 is 2.78 bits per heavy atom. The van der Waals surface area contributed by atoms with E-state index in [1.807, 2.05) is 26.8 Å². The molecule has 0 saturated carbocycles. The maximum absolute atomic E-state index is 11.7. The Morgan fingerprint density at radius 1 is 1.61 bits per heavy atom. The van der Waals surface area contributed by atoms with Gasteiger partial charge in [-0.2, -0.15) is 5.10 Å². The van der Waals surface area contributed by atoms with Crippen LogP contribution in [0.4, 0.5) is 4.79 Å². The van der Waals surface area contributed by atoms with Crippen molar-refractivity contribution in [2.75, 3.05) is 13.1 Å². The highest BCUT2D eigenvalue weighted by Gasteiger charge is 2.45. The number of H-pyrrole nitrogens is 1. The summed E-state index contributed by atoms with van der Waals surface area (Å²) in [4.78, 5) is 13.2.